The van der Waals surface area contributed by atoms with Gasteiger partial charge in [0, 0.05) is 12.1 Å². The molecule has 0 aliphatic heterocycles. The van der Waals surface area contributed by atoms with E-state index < -0.39 is 6.04 Å². The number of nitriles is 2. The Hall–Kier alpha value is -1.87. The zero-order valence-corrected chi connectivity index (χ0v) is 5.81. The Labute approximate surface area is 64.7 Å². The molecule has 0 saturated carbocycles. The first kappa shape index (κ1) is 7.24. The molecule has 0 aliphatic rings. The molecule has 3 heteroatoms. The van der Waals surface area contributed by atoms with Gasteiger partial charge >= 0.3 is 6.04 Å². The van der Waals surface area contributed by atoms with Crippen molar-refractivity contribution in [1.82, 2.24) is 0 Å². The van der Waals surface area contributed by atoms with Crippen LogP contribution in [0.15, 0.2) is 30.6 Å². The highest BCUT2D eigenvalue weighted by atomic mass is 15.0. The van der Waals surface area contributed by atoms with Gasteiger partial charge in [0.15, 0.2) is 24.5 Å². The lowest BCUT2D eigenvalue weighted by Crippen LogP contribution is -2.36. The minimum absolute atomic E-state index is 0.712. The fraction of sp³-hybridized carbons (Fsp3) is 0.125. The van der Waals surface area contributed by atoms with Crippen LogP contribution in [-0.2, 0) is 0 Å². The van der Waals surface area contributed by atoms with E-state index in [-0.39, 0.29) is 0 Å². The van der Waals surface area contributed by atoms with Crippen molar-refractivity contribution in [3.05, 3.63) is 30.6 Å². The number of nitrogens with zero attached hydrogens (tertiary/aromatic N) is 3. The predicted molar refractivity (Wildman–Crippen MR) is 36.9 cm³/mol. The van der Waals surface area contributed by atoms with Crippen LogP contribution in [0.4, 0.5) is 0 Å². The van der Waals surface area contributed by atoms with Crippen LogP contribution in [0.5, 0.6) is 0 Å². The summed E-state index contributed by atoms with van der Waals surface area (Å²) in [5.74, 6) is 0. The molecule has 0 unspecified atom stereocenters. The molecule has 0 amide bonds. The summed E-state index contributed by atoms with van der Waals surface area (Å²) in [6, 6.07) is 8.42. The molecule has 1 aromatic rings. The molecular formula is C8H6N3+. The summed E-state index contributed by atoms with van der Waals surface area (Å²) in [4.78, 5) is 0. The summed E-state index contributed by atoms with van der Waals surface area (Å²) in [6.07, 6.45) is 3.38. The number of rotatable bonds is 1. The average molecular weight is 144 g/mol. The van der Waals surface area contributed by atoms with Crippen molar-refractivity contribution >= 4 is 0 Å². The van der Waals surface area contributed by atoms with Gasteiger partial charge in [0.05, 0.1) is 0 Å². The molecule has 0 atom stereocenters. The normalized spacial score (nSPS) is 8.64. The van der Waals surface area contributed by atoms with Crippen molar-refractivity contribution in [1.29, 1.82) is 10.5 Å². The lowest BCUT2D eigenvalue weighted by Gasteiger charge is -1.91. The number of aromatic nitrogens is 1. The molecule has 0 fully saturated rings. The summed E-state index contributed by atoms with van der Waals surface area (Å²) in [5.41, 5.74) is 0. The number of hydrogen-bond acceptors (Lipinski definition) is 2. The van der Waals surface area contributed by atoms with E-state index in [4.69, 9.17) is 10.5 Å². The third-order valence-electron chi connectivity index (χ3n) is 1.28. The largest absolute Gasteiger partial charge is 0.329 e. The fourth-order valence-electron chi connectivity index (χ4n) is 0.746. The molecule has 3 nitrogen and oxygen atoms in total. The van der Waals surface area contributed by atoms with Gasteiger partial charge in [-0.25, -0.2) is 0 Å². The number of pyridine rings is 1. The first-order valence-electron chi connectivity index (χ1n) is 3.13. The van der Waals surface area contributed by atoms with E-state index in [1.54, 1.807) is 29.1 Å². The summed E-state index contributed by atoms with van der Waals surface area (Å²) < 4.78 is 1.56. The Balaban J connectivity index is 2.96. The predicted octanol–water partition coefficient (Wildman–Crippen LogP) is 0.562. The Morgan fingerprint density at radius 3 is 2.00 bits per heavy atom. The maximum absolute atomic E-state index is 8.49. The molecule has 0 aromatic carbocycles. The van der Waals surface area contributed by atoms with Crippen LogP contribution in [0.2, 0.25) is 0 Å². The molecule has 0 N–H and O–H groups in total. The zero-order chi connectivity index (χ0) is 8.10. The molecular weight excluding hydrogens is 138 g/mol. The van der Waals surface area contributed by atoms with Crippen LogP contribution < -0.4 is 4.57 Å². The maximum Gasteiger partial charge on any atom is 0.329 e. The van der Waals surface area contributed by atoms with Crippen molar-refractivity contribution < 1.29 is 4.57 Å². The summed E-state index contributed by atoms with van der Waals surface area (Å²) in [5, 5.41) is 17.0. The second kappa shape index (κ2) is 3.34. The van der Waals surface area contributed by atoms with Crippen molar-refractivity contribution in [3.63, 3.8) is 0 Å². The average Bonchev–Trinajstić information content (AvgIpc) is 2.09. The maximum atomic E-state index is 8.49. The van der Waals surface area contributed by atoms with Crippen molar-refractivity contribution in [2.75, 3.05) is 0 Å². The molecule has 0 radical (unpaired) electrons. The van der Waals surface area contributed by atoms with Crippen molar-refractivity contribution in [2.45, 2.75) is 6.04 Å². The molecule has 0 aliphatic carbocycles. The van der Waals surface area contributed by atoms with Crippen LogP contribution in [0.25, 0.3) is 0 Å². The summed E-state index contributed by atoms with van der Waals surface area (Å²) in [7, 11) is 0. The van der Waals surface area contributed by atoms with E-state index in [1.165, 1.54) is 0 Å². The van der Waals surface area contributed by atoms with Crippen LogP contribution in [-0.4, -0.2) is 0 Å². The molecule has 1 rings (SSSR count). The molecule has 1 heterocycles. The molecule has 11 heavy (non-hydrogen) atoms. The smallest absolute Gasteiger partial charge is 0.190 e. The highest BCUT2D eigenvalue weighted by Gasteiger charge is 2.13. The van der Waals surface area contributed by atoms with Gasteiger partial charge in [-0.1, -0.05) is 6.07 Å². The topological polar surface area (TPSA) is 51.5 Å². The third-order valence-corrected chi connectivity index (χ3v) is 1.28. The van der Waals surface area contributed by atoms with Crippen LogP contribution in [0, 0.1) is 22.7 Å². The Kier molecular flexibility index (Phi) is 2.20. The van der Waals surface area contributed by atoms with Gasteiger partial charge in [0.25, 0.3) is 0 Å². The first-order valence-corrected chi connectivity index (χ1v) is 3.13. The van der Waals surface area contributed by atoms with Gasteiger partial charge in [-0.05, 0) is 0 Å². The van der Waals surface area contributed by atoms with E-state index in [1.807, 2.05) is 18.2 Å². The second-order valence-corrected chi connectivity index (χ2v) is 1.98. The standard InChI is InChI=1S/C8H6N3/c9-6-8(7-10)11-4-2-1-3-5-11/h1-5,8H/q+1. The Bertz CT molecular complexity index is 290. The second-order valence-electron chi connectivity index (χ2n) is 1.98. The first-order chi connectivity index (χ1) is 5.38. The van der Waals surface area contributed by atoms with Gasteiger partial charge in [0.1, 0.15) is 0 Å². The van der Waals surface area contributed by atoms with Crippen LogP contribution in [0.1, 0.15) is 6.04 Å². The lowest BCUT2D eigenvalue weighted by molar-refractivity contribution is -0.697. The third kappa shape index (κ3) is 1.53. The summed E-state index contributed by atoms with van der Waals surface area (Å²) in [6.45, 7) is 0. The van der Waals surface area contributed by atoms with Gasteiger partial charge in [0.2, 0.25) is 0 Å². The van der Waals surface area contributed by atoms with Gasteiger partial charge in [-0.15, -0.1) is 0 Å². The van der Waals surface area contributed by atoms with E-state index in [0.717, 1.165) is 0 Å². The molecule has 0 saturated heterocycles. The number of hydrogen-bond donors (Lipinski definition) is 0. The molecule has 0 bridgehead atoms. The van der Waals surface area contributed by atoms with E-state index in [2.05, 4.69) is 0 Å². The van der Waals surface area contributed by atoms with E-state index in [9.17, 15) is 0 Å². The quantitative estimate of drug-likeness (QED) is 0.541. The van der Waals surface area contributed by atoms with Crippen LogP contribution in [0.3, 0.4) is 0 Å². The monoisotopic (exact) mass is 144 g/mol. The molecule has 1 aromatic heterocycles. The van der Waals surface area contributed by atoms with Gasteiger partial charge < -0.3 is 0 Å². The minimum Gasteiger partial charge on any atom is -0.190 e. The van der Waals surface area contributed by atoms with Gasteiger partial charge in [-0.3, -0.25) is 0 Å². The van der Waals surface area contributed by atoms with E-state index >= 15 is 0 Å². The summed E-state index contributed by atoms with van der Waals surface area (Å²) >= 11 is 0. The van der Waals surface area contributed by atoms with Crippen LogP contribution >= 0.6 is 0 Å². The molecule has 0 spiro atoms. The van der Waals surface area contributed by atoms with Gasteiger partial charge in [-0.2, -0.15) is 15.1 Å². The lowest BCUT2D eigenvalue weighted by atomic mass is 10.3. The van der Waals surface area contributed by atoms with Crippen molar-refractivity contribution in [2.24, 2.45) is 0 Å². The van der Waals surface area contributed by atoms with Crippen molar-refractivity contribution in [3.8, 4) is 12.1 Å². The molecule has 52 valence electrons. The Morgan fingerprint density at radius 1 is 1.00 bits per heavy atom. The SMILES string of the molecule is N#CC(C#N)[n+]1ccccc1. The highest BCUT2D eigenvalue weighted by Crippen LogP contribution is 1.89. The fourth-order valence-corrected chi connectivity index (χ4v) is 0.746. The Morgan fingerprint density at radius 2 is 1.55 bits per heavy atom. The zero-order valence-electron chi connectivity index (χ0n) is 5.81. The highest BCUT2D eigenvalue weighted by molar-refractivity contribution is 4.96. The van der Waals surface area contributed by atoms with E-state index in [0.29, 0.717) is 0 Å². The minimum atomic E-state index is -0.712.